The Hall–Kier alpha value is -0.240. The number of ether oxygens (including phenoxy) is 2. The molecule has 6 heteroatoms. The monoisotopic (exact) mass is 488 g/mol. The van der Waals surface area contributed by atoms with E-state index >= 15 is 0 Å². The van der Waals surface area contributed by atoms with E-state index < -0.39 is 37.3 Å². The van der Waals surface area contributed by atoms with Crippen LogP contribution in [-0.4, -0.2) is 63.8 Å². The molecule has 0 amide bonds. The highest BCUT2D eigenvalue weighted by Crippen LogP contribution is 2.26. The maximum atomic E-state index is 10.4. The maximum absolute atomic E-state index is 10.4. The molecule has 0 aromatic heterocycles. The molecule has 1 aliphatic rings. The van der Waals surface area contributed by atoms with Crippen molar-refractivity contribution in [1.82, 2.24) is 0 Å². The van der Waals surface area contributed by atoms with E-state index in [1.807, 2.05) is 0 Å². The molecule has 0 spiro atoms. The predicted octanol–water partition coefficient (Wildman–Crippen LogP) is 5.62. The van der Waals surface area contributed by atoms with E-state index in [0.29, 0.717) is 0 Å². The number of hydrogen-bond donors (Lipinski definition) is 4. The molecule has 1 heterocycles. The van der Waals surface area contributed by atoms with E-state index in [4.69, 9.17) is 9.47 Å². The maximum Gasteiger partial charge on any atom is 0.186 e. The lowest BCUT2D eigenvalue weighted by Crippen LogP contribution is -2.59. The zero-order valence-electron chi connectivity index (χ0n) is 22.2. The number of rotatable bonds is 22. The smallest absolute Gasteiger partial charge is 0.186 e. The summed E-state index contributed by atoms with van der Waals surface area (Å²) in [6, 6.07) is 0. The van der Waals surface area contributed by atoms with Gasteiger partial charge in [-0.25, -0.2) is 0 Å². The Bertz CT molecular complexity index is 447. The summed E-state index contributed by atoms with van der Waals surface area (Å²) in [4.78, 5) is 0. The highest BCUT2D eigenvalue weighted by molar-refractivity contribution is 4.89. The second-order valence-corrected chi connectivity index (χ2v) is 10.3. The van der Waals surface area contributed by atoms with Gasteiger partial charge in [-0.05, 0) is 12.8 Å². The summed E-state index contributed by atoms with van der Waals surface area (Å²) in [7, 11) is 0. The Morgan fingerprint density at radius 3 is 1.41 bits per heavy atom. The van der Waals surface area contributed by atoms with Crippen molar-refractivity contribution in [2.24, 2.45) is 0 Å². The molecular formula is C28H56O6. The molecule has 6 nitrogen and oxygen atoms in total. The van der Waals surface area contributed by atoms with Crippen LogP contribution in [0.15, 0.2) is 0 Å². The molecule has 0 radical (unpaired) electrons. The van der Waals surface area contributed by atoms with E-state index in [1.165, 1.54) is 96.3 Å². The fourth-order valence-electron chi connectivity index (χ4n) is 4.84. The van der Waals surface area contributed by atoms with Gasteiger partial charge in [0.25, 0.3) is 0 Å². The number of aliphatic hydroxyl groups is 4. The fourth-order valence-corrected chi connectivity index (χ4v) is 4.84. The Labute approximate surface area is 209 Å². The molecule has 2 unspecified atom stereocenters. The standard InChI is InChI=1S/C28H56O6/c1-3-5-7-9-11-12-13-14-15-17-19-21-23(20-18-16-10-8-6-4-2)33-28-27(32)26(31)25(30)24(22-29)34-28/h23-32H,3-22H2,1-2H3/t23?,24-,25-,26+,27-,28?/m1/s1. The van der Waals surface area contributed by atoms with Gasteiger partial charge >= 0.3 is 0 Å². The van der Waals surface area contributed by atoms with E-state index in [-0.39, 0.29) is 6.10 Å². The lowest BCUT2D eigenvalue weighted by Gasteiger charge is -2.41. The van der Waals surface area contributed by atoms with Crippen LogP contribution in [0.3, 0.4) is 0 Å². The van der Waals surface area contributed by atoms with Gasteiger partial charge in [-0.2, -0.15) is 0 Å². The largest absolute Gasteiger partial charge is 0.394 e. The van der Waals surface area contributed by atoms with Crippen molar-refractivity contribution in [3.63, 3.8) is 0 Å². The summed E-state index contributed by atoms with van der Waals surface area (Å²) in [5.41, 5.74) is 0. The van der Waals surface area contributed by atoms with Gasteiger partial charge in [-0.15, -0.1) is 0 Å². The van der Waals surface area contributed by atoms with Crippen molar-refractivity contribution >= 4 is 0 Å². The quantitative estimate of drug-likeness (QED) is 0.148. The third-order valence-corrected chi connectivity index (χ3v) is 7.18. The molecule has 0 bridgehead atoms. The summed E-state index contributed by atoms with van der Waals surface area (Å²) in [5.74, 6) is 0. The second kappa shape index (κ2) is 20.9. The molecule has 34 heavy (non-hydrogen) atoms. The van der Waals surface area contributed by atoms with Crippen molar-refractivity contribution in [3.05, 3.63) is 0 Å². The number of hydrogen-bond acceptors (Lipinski definition) is 6. The molecule has 1 saturated heterocycles. The first kappa shape index (κ1) is 31.8. The van der Waals surface area contributed by atoms with Crippen LogP contribution in [0.2, 0.25) is 0 Å². The van der Waals surface area contributed by atoms with E-state index in [0.717, 1.165) is 25.7 Å². The minimum Gasteiger partial charge on any atom is -0.394 e. The van der Waals surface area contributed by atoms with Gasteiger partial charge in [0.05, 0.1) is 12.7 Å². The van der Waals surface area contributed by atoms with Gasteiger partial charge in [0, 0.05) is 0 Å². The summed E-state index contributed by atoms with van der Waals surface area (Å²) in [5, 5.41) is 39.9. The molecule has 4 N–H and O–H groups in total. The van der Waals surface area contributed by atoms with Gasteiger partial charge in [0.15, 0.2) is 6.29 Å². The Morgan fingerprint density at radius 1 is 0.588 bits per heavy atom. The summed E-state index contributed by atoms with van der Waals surface area (Å²) in [6.07, 6.45) is 17.3. The van der Waals surface area contributed by atoms with Crippen molar-refractivity contribution in [2.75, 3.05) is 6.61 Å². The second-order valence-electron chi connectivity index (χ2n) is 10.3. The van der Waals surface area contributed by atoms with E-state index in [9.17, 15) is 20.4 Å². The van der Waals surface area contributed by atoms with E-state index in [2.05, 4.69) is 13.8 Å². The fraction of sp³-hybridized carbons (Fsp3) is 1.00. The van der Waals surface area contributed by atoms with Crippen LogP contribution in [0, 0.1) is 0 Å². The van der Waals surface area contributed by atoms with Crippen LogP contribution in [0.1, 0.15) is 136 Å². The summed E-state index contributed by atoms with van der Waals surface area (Å²) in [6.45, 7) is 4.05. The minimum absolute atomic E-state index is 0.0498. The Kier molecular flexibility index (Phi) is 19.5. The van der Waals surface area contributed by atoms with Crippen molar-refractivity contribution < 1.29 is 29.9 Å². The molecule has 1 rings (SSSR count). The molecule has 6 atom stereocenters. The first-order chi connectivity index (χ1) is 16.5. The molecular weight excluding hydrogens is 432 g/mol. The molecule has 204 valence electrons. The average molecular weight is 489 g/mol. The van der Waals surface area contributed by atoms with Gasteiger partial charge in [0.2, 0.25) is 0 Å². The summed E-state index contributed by atoms with van der Waals surface area (Å²) >= 11 is 0. The van der Waals surface area contributed by atoms with Gasteiger partial charge < -0.3 is 29.9 Å². The van der Waals surface area contributed by atoms with Crippen LogP contribution < -0.4 is 0 Å². The van der Waals surface area contributed by atoms with Gasteiger partial charge in [0.1, 0.15) is 24.4 Å². The zero-order chi connectivity index (χ0) is 25.0. The van der Waals surface area contributed by atoms with Crippen LogP contribution in [0.25, 0.3) is 0 Å². The molecule has 0 aromatic rings. The van der Waals surface area contributed by atoms with Crippen LogP contribution >= 0.6 is 0 Å². The highest BCUT2D eigenvalue weighted by Gasteiger charge is 2.44. The molecule has 1 fully saturated rings. The van der Waals surface area contributed by atoms with Crippen LogP contribution in [0.4, 0.5) is 0 Å². The third-order valence-electron chi connectivity index (χ3n) is 7.18. The van der Waals surface area contributed by atoms with Crippen LogP contribution in [-0.2, 0) is 9.47 Å². The molecule has 0 aliphatic carbocycles. The normalized spacial score (nSPS) is 26.1. The predicted molar refractivity (Wildman–Crippen MR) is 138 cm³/mol. The van der Waals surface area contributed by atoms with E-state index in [1.54, 1.807) is 0 Å². The third kappa shape index (κ3) is 13.7. The Balaban J connectivity index is 2.36. The highest BCUT2D eigenvalue weighted by atomic mass is 16.7. The lowest BCUT2D eigenvalue weighted by atomic mass is 9.98. The zero-order valence-corrected chi connectivity index (χ0v) is 22.2. The van der Waals surface area contributed by atoms with Crippen LogP contribution in [0.5, 0.6) is 0 Å². The van der Waals surface area contributed by atoms with Gasteiger partial charge in [-0.1, -0.05) is 123 Å². The first-order valence-electron chi connectivity index (χ1n) is 14.5. The van der Waals surface area contributed by atoms with Crippen molar-refractivity contribution in [3.8, 4) is 0 Å². The topological polar surface area (TPSA) is 99.4 Å². The molecule has 0 saturated carbocycles. The van der Waals surface area contributed by atoms with Crippen molar-refractivity contribution in [1.29, 1.82) is 0 Å². The number of unbranched alkanes of at least 4 members (excludes halogenated alkanes) is 15. The Morgan fingerprint density at radius 2 is 1.00 bits per heavy atom. The molecule has 1 aliphatic heterocycles. The first-order valence-corrected chi connectivity index (χ1v) is 14.5. The average Bonchev–Trinajstić information content (AvgIpc) is 2.84. The van der Waals surface area contributed by atoms with Crippen molar-refractivity contribution in [2.45, 2.75) is 173 Å². The SMILES string of the molecule is CCCCCCCCCCCCCC(CCCCCCCC)OC1O[C@H](CO)[C@@H](O)[C@H](O)[C@H]1O. The minimum atomic E-state index is -1.38. The molecule has 0 aromatic carbocycles. The lowest BCUT2D eigenvalue weighted by molar-refractivity contribution is -0.312. The summed E-state index contributed by atoms with van der Waals surface area (Å²) < 4.78 is 11.7. The number of aliphatic hydroxyl groups excluding tert-OH is 4. The van der Waals surface area contributed by atoms with Gasteiger partial charge in [-0.3, -0.25) is 0 Å².